The zero-order valence-electron chi connectivity index (χ0n) is 12.0. The molecule has 0 radical (unpaired) electrons. The monoisotopic (exact) mass is 295 g/mol. The van der Waals surface area contributed by atoms with Crippen LogP contribution in [0.2, 0.25) is 0 Å². The normalized spacial score (nSPS) is 11.2. The van der Waals surface area contributed by atoms with E-state index in [0.717, 1.165) is 27.7 Å². The van der Waals surface area contributed by atoms with Gasteiger partial charge in [0.25, 0.3) is 0 Å². The van der Waals surface area contributed by atoms with E-state index < -0.39 is 5.97 Å². The van der Waals surface area contributed by atoms with Gasteiger partial charge >= 0.3 is 5.97 Å². The van der Waals surface area contributed by atoms with Crippen molar-refractivity contribution in [3.05, 3.63) is 66.0 Å². The molecule has 1 aromatic heterocycles. The number of benzene rings is 2. The number of methoxy groups -OCH3 is 1. The lowest BCUT2D eigenvalue weighted by molar-refractivity contribution is -0.134. The van der Waals surface area contributed by atoms with Gasteiger partial charge in [0.2, 0.25) is 0 Å². The zero-order valence-corrected chi connectivity index (χ0v) is 12.0. The molecule has 1 N–H and O–H groups in total. The Labute approximate surface area is 127 Å². The van der Waals surface area contributed by atoms with Crippen LogP contribution in [0.25, 0.3) is 28.2 Å². The number of carbonyl (C=O) groups is 1. The van der Waals surface area contributed by atoms with E-state index in [1.165, 1.54) is 25.3 Å². The number of esters is 1. The van der Waals surface area contributed by atoms with Crippen molar-refractivity contribution in [1.82, 2.24) is 4.98 Å². The van der Waals surface area contributed by atoms with Gasteiger partial charge in [-0.15, -0.1) is 0 Å². The molecule has 110 valence electrons. The van der Waals surface area contributed by atoms with E-state index in [1.807, 2.05) is 24.3 Å². The SMILES string of the molecule is COC(=O)/C=C/c1c(-c2ccc(F)cc2)[nH]c2ccccc12. The molecule has 2 aromatic carbocycles. The summed E-state index contributed by atoms with van der Waals surface area (Å²) < 4.78 is 17.8. The number of para-hydroxylation sites is 1. The number of fused-ring (bicyclic) bond motifs is 1. The van der Waals surface area contributed by atoms with Crippen LogP contribution in [-0.2, 0) is 9.53 Å². The Morgan fingerprint density at radius 3 is 2.59 bits per heavy atom. The van der Waals surface area contributed by atoms with Crippen LogP contribution in [-0.4, -0.2) is 18.1 Å². The average molecular weight is 295 g/mol. The van der Waals surface area contributed by atoms with Crippen molar-refractivity contribution >= 4 is 22.9 Å². The quantitative estimate of drug-likeness (QED) is 0.582. The highest BCUT2D eigenvalue weighted by Crippen LogP contribution is 2.31. The van der Waals surface area contributed by atoms with Crippen LogP contribution in [0.1, 0.15) is 5.56 Å². The number of H-pyrrole nitrogens is 1. The highest BCUT2D eigenvalue weighted by molar-refractivity contribution is 5.99. The number of halogens is 1. The Bertz CT molecular complexity index is 847. The minimum Gasteiger partial charge on any atom is -0.466 e. The fourth-order valence-electron chi connectivity index (χ4n) is 2.40. The number of aromatic nitrogens is 1. The molecule has 0 saturated carbocycles. The summed E-state index contributed by atoms with van der Waals surface area (Å²) in [5.74, 6) is -0.707. The van der Waals surface area contributed by atoms with E-state index in [0.29, 0.717) is 0 Å². The number of carbonyl (C=O) groups excluding carboxylic acids is 1. The van der Waals surface area contributed by atoms with Crippen LogP contribution in [0.4, 0.5) is 4.39 Å². The molecule has 0 aliphatic carbocycles. The second-order valence-corrected chi connectivity index (χ2v) is 4.82. The lowest BCUT2D eigenvalue weighted by Gasteiger charge is -2.01. The number of hydrogen-bond donors (Lipinski definition) is 1. The molecular formula is C18H14FNO2. The third-order valence-corrected chi connectivity index (χ3v) is 3.47. The molecule has 0 aliphatic rings. The maximum absolute atomic E-state index is 13.1. The largest absolute Gasteiger partial charge is 0.466 e. The lowest BCUT2D eigenvalue weighted by atomic mass is 10.0. The fraction of sp³-hybridized carbons (Fsp3) is 0.0556. The van der Waals surface area contributed by atoms with E-state index in [-0.39, 0.29) is 5.82 Å². The third kappa shape index (κ3) is 2.63. The van der Waals surface area contributed by atoms with Gasteiger partial charge in [-0.05, 0) is 42.0 Å². The van der Waals surface area contributed by atoms with Gasteiger partial charge in [0, 0.05) is 22.5 Å². The van der Waals surface area contributed by atoms with Gasteiger partial charge < -0.3 is 9.72 Å². The summed E-state index contributed by atoms with van der Waals surface area (Å²) in [6.07, 6.45) is 3.09. The second-order valence-electron chi connectivity index (χ2n) is 4.82. The molecule has 0 saturated heterocycles. The van der Waals surface area contributed by atoms with Gasteiger partial charge in [0.1, 0.15) is 5.82 Å². The molecule has 3 rings (SSSR count). The van der Waals surface area contributed by atoms with E-state index >= 15 is 0 Å². The van der Waals surface area contributed by atoms with Crippen LogP contribution in [0.15, 0.2) is 54.6 Å². The van der Waals surface area contributed by atoms with Gasteiger partial charge in [-0.25, -0.2) is 9.18 Å². The van der Waals surface area contributed by atoms with Crippen molar-refractivity contribution in [2.24, 2.45) is 0 Å². The van der Waals surface area contributed by atoms with Crippen molar-refractivity contribution in [2.75, 3.05) is 7.11 Å². The summed E-state index contributed by atoms with van der Waals surface area (Å²) in [7, 11) is 1.34. The minimum atomic E-state index is -0.421. The van der Waals surface area contributed by atoms with Crippen LogP contribution in [0.3, 0.4) is 0 Å². The van der Waals surface area contributed by atoms with Gasteiger partial charge in [0.05, 0.1) is 12.8 Å². The van der Waals surface area contributed by atoms with Crippen LogP contribution < -0.4 is 0 Å². The van der Waals surface area contributed by atoms with Crippen LogP contribution in [0, 0.1) is 5.82 Å². The Morgan fingerprint density at radius 1 is 1.14 bits per heavy atom. The molecule has 0 bridgehead atoms. The molecule has 0 unspecified atom stereocenters. The van der Waals surface area contributed by atoms with Crippen molar-refractivity contribution < 1.29 is 13.9 Å². The van der Waals surface area contributed by atoms with Crippen LogP contribution >= 0.6 is 0 Å². The molecule has 0 spiro atoms. The summed E-state index contributed by atoms with van der Waals surface area (Å²) in [5, 5.41) is 0.988. The molecule has 4 heteroatoms. The summed E-state index contributed by atoms with van der Waals surface area (Å²) in [6, 6.07) is 14.0. The summed E-state index contributed by atoms with van der Waals surface area (Å²) >= 11 is 0. The first-order chi connectivity index (χ1) is 10.7. The zero-order chi connectivity index (χ0) is 15.5. The topological polar surface area (TPSA) is 42.1 Å². The number of ether oxygens (including phenoxy) is 1. The fourth-order valence-corrected chi connectivity index (χ4v) is 2.40. The molecule has 3 aromatic rings. The van der Waals surface area contributed by atoms with Crippen molar-refractivity contribution in [1.29, 1.82) is 0 Å². The first-order valence-corrected chi connectivity index (χ1v) is 6.81. The molecule has 22 heavy (non-hydrogen) atoms. The van der Waals surface area contributed by atoms with Gasteiger partial charge in [0.15, 0.2) is 0 Å². The molecule has 1 heterocycles. The summed E-state index contributed by atoms with van der Waals surface area (Å²) in [5.41, 5.74) is 3.50. The maximum atomic E-state index is 13.1. The third-order valence-electron chi connectivity index (χ3n) is 3.47. The number of aromatic amines is 1. The minimum absolute atomic E-state index is 0.286. The average Bonchev–Trinajstić information content (AvgIpc) is 2.92. The Kier molecular flexibility index (Phi) is 3.74. The molecule has 0 fully saturated rings. The van der Waals surface area contributed by atoms with Gasteiger partial charge in [-0.3, -0.25) is 0 Å². The highest BCUT2D eigenvalue weighted by Gasteiger charge is 2.11. The molecular weight excluding hydrogens is 281 g/mol. The number of rotatable bonds is 3. The van der Waals surface area contributed by atoms with E-state index in [4.69, 9.17) is 0 Å². The Hall–Kier alpha value is -2.88. The van der Waals surface area contributed by atoms with Gasteiger partial charge in [-0.2, -0.15) is 0 Å². The van der Waals surface area contributed by atoms with E-state index in [1.54, 1.807) is 18.2 Å². The van der Waals surface area contributed by atoms with Crippen molar-refractivity contribution in [2.45, 2.75) is 0 Å². The highest BCUT2D eigenvalue weighted by atomic mass is 19.1. The predicted octanol–water partition coefficient (Wildman–Crippen LogP) is 4.16. The smallest absolute Gasteiger partial charge is 0.330 e. The van der Waals surface area contributed by atoms with E-state index in [2.05, 4.69) is 9.72 Å². The Morgan fingerprint density at radius 2 is 1.86 bits per heavy atom. The van der Waals surface area contributed by atoms with E-state index in [9.17, 15) is 9.18 Å². The first-order valence-electron chi connectivity index (χ1n) is 6.81. The first kappa shape index (κ1) is 14.1. The maximum Gasteiger partial charge on any atom is 0.330 e. The number of hydrogen-bond acceptors (Lipinski definition) is 2. The summed E-state index contributed by atoms with van der Waals surface area (Å²) in [4.78, 5) is 14.7. The number of nitrogens with one attached hydrogen (secondary N) is 1. The van der Waals surface area contributed by atoms with Crippen molar-refractivity contribution in [3.8, 4) is 11.3 Å². The second kappa shape index (κ2) is 5.85. The molecule has 0 amide bonds. The van der Waals surface area contributed by atoms with Gasteiger partial charge in [-0.1, -0.05) is 18.2 Å². The molecule has 3 nitrogen and oxygen atoms in total. The van der Waals surface area contributed by atoms with Crippen LogP contribution in [0.5, 0.6) is 0 Å². The molecule has 0 atom stereocenters. The lowest BCUT2D eigenvalue weighted by Crippen LogP contribution is -1.93. The van der Waals surface area contributed by atoms with Crippen molar-refractivity contribution in [3.63, 3.8) is 0 Å². The standard InChI is InChI=1S/C18H14FNO2/c1-22-17(21)11-10-15-14-4-2-3-5-16(14)20-18(15)12-6-8-13(19)9-7-12/h2-11,20H,1H3/b11-10+. The summed E-state index contributed by atoms with van der Waals surface area (Å²) in [6.45, 7) is 0. The predicted molar refractivity (Wildman–Crippen MR) is 84.7 cm³/mol. The Balaban J connectivity index is 2.18. The molecule has 0 aliphatic heterocycles.